The lowest BCUT2D eigenvalue weighted by Gasteiger charge is -2.32. The molecule has 102 valence electrons. The Balaban J connectivity index is 2.26. The average molecular weight is 371 g/mol. The second kappa shape index (κ2) is 6.03. The molecule has 1 fully saturated rings. The average Bonchev–Trinajstić information content (AvgIpc) is 2.39. The molecule has 1 aromatic carbocycles. The molecule has 19 heavy (non-hydrogen) atoms. The third kappa shape index (κ3) is 2.99. The van der Waals surface area contributed by atoms with E-state index in [1.54, 1.807) is 4.90 Å². The predicted octanol–water partition coefficient (Wildman–Crippen LogP) is 3.26. The van der Waals surface area contributed by atoms with Gasteiger partial charge in [-0.3, -0.25) is 9.59 Å². The topological polar surface area (TPSA) is 37.4 Å². The number of nitrogens with zero attached hydrogens (tertiary/aromatic N) is 1. The Morgan fingerprint density at radius 2 is 2.05 bits per heavy atom. The van der Waals surface area contributed by atoms with Gasteiger partial charge in [0.15, 0.2) is 0 Å². The number of carbonyl (C=O) groups is 2. The van der Waals surface area contributed by atoms with Crippen molar-refractivity contribution in [2.45, 2.75) is 26.7 Å². The maximum atomic E-state index is 12.5. The highest BCUT2D eigenvalue weighted by Gasteiger charge is 2.35. The Morgan fingerprint density at radius 1 is 1.37 bits per heavy atom. The summed E-state index contributed by atoms with van der Waals surface area (Å²) in [7, 11) is 0. The highest BCUT2D eigenvalue weighted by Crippen LogP contribution is 2.29. The second-order valence-electron chi connectivity index (χ2n) is 5.19. The Bertz CT molecular complexity index is 499. The van der Waals surface area contributed by atoms with Crippen molar-refractivity contribution in [3.05, 3.63) is 27.8 Å². The van der Waals surface area contributed by atoms with E-state index in [0.29, 0.717) is 13.0 Å². The van der Waals surface area contributed by atoms with Crippen molar-refractivity contribution in [1.29, 1.82) is 0 Å². The maximum Gasteiger partial charge on any atom is 0.237 e. The molecular weight excluding hydrogens is 353 g/mol. The van der Waals surface area contributed by atoms with Gasteiger partial charge in [-0.1, -0.05) is 26.0 Å². The molecule has 4 heteroatoms. The summed E-state index contributed by atoms with van der Waals surface area (Å²) in [4.78, 5) is 26.4. The SMILES string of the molecule is CC(C)C(=O)[C@H]1CCCN(c2ccccc2I)C1=O. The summed E-state index contributed by atoms with van der Waals surface area (Å²) in [5.74, 6) is -0.497. The van der Waals surface area contributed by atoms with Crippen LogP contribution < -0.4 is 4.90 Å². The first-order chi connectivity index (χ1) is 9.02. The monoisotopic (exact) mass is 371 g/mol. The number of halogens is 1. The Kier molecular flexibility index (Phi) is 4.60. The number of anilines is 1. The quantitative estimate of drug-likeness (QED) is 0.604. The fourth-order valence-electron chi connectivity index (χ4n) is 2.45. The van der Waals surface area contributed by atoms with Gasteiger partial charge >= 0.3 is 0 Å². The van der Waals surface area contributed by atoms with E-state index in [1.165, 1.54) is 0 Å². The van der Waals surface area contributed by atoms with Crippen molar-refractivity contribution in [3.8, 4) is 0 Å². The van der Waals surface area contributed by atoms with Gasteiger partial charge in [0.25, 0.3) is 0 Å². The number of hydrogen-bond acceptors (Lipinski definition) is 2. The summed E-state index contributed by atoms with van der Waals surface area (Å²) >= 11 is 2.23. The highest BCUT2D eigenvalue weighted by atomic mass is 127. The van der Waals surface area contributed by atoms with E-state index in [0.717, 1.165) is 15.7 Å². The van der Waals surface area contributed by atoms with E-state index >= 15 is 0 Å². The van der Waals surface area contributed by atoms with Gasteiger partial charge in [0, 0.05) is 16.0 Å². The zero-order valence-corrected chi connectivity index (χ0v) is 13.4. The predicted molar refractivity (Wildman–Crippen MR) is 84.1 cm³/mol. The van der Waals surface area contributed by atoms with Gasteiger partial charge in [0.05, 0.1) is 11.6 Å². The van der Waals surface area contributed by atoms with E-state index in [4.69, 9.17) is 0 Å². The fourth-order valence-corrected chi connectivity index (χ4v) is 3.13. The van der Waals surface area contributed by atoms with Gasteiger partial charge < -0.3 is 4.90 Å². The molecule has 1 aliphatic rings. The van der Waals surface area contributed by atoms with Crippen molar-refractivity contribution in [2.75, 3.05) is 11.4 Å². The van der Waals surface area contributed by atoms with E-state index < -0.39 is 5.92 Å². The Labute approximate surface area is 127 Å². The zero-order chi connectivity index (χ0) is 14.0. The molecule has 0 unspecified atom stereocenters. The largest absolute Gasteiger partial charge is 0.311 e. The molecule has 0 aromatic heterocycles. The normalized spacial score (nSPS) is 19.9. The lowest BCUT2D eigenvalue weighted by Crippen LogP contribution is -2.45. The van der Waals surface area contributed by atoms with E-state index in [-0.39, 0.29) is 17.6 Å². The molecule has 1 saturated heterocycles. The van der Waals surface area contributed by atoms with E-state index in [1.807, 2.05) is 38.1 Å². The summed E-state index contributed by atoms with van der Waals surface area (Å²) in [6.07, 6.45) is 1.58. The third-order valence-corrected chi connectivity index (χ3v) is 4.41. The minimum absolute atomic E-state index is 0.0333. The smallest absolute Gasteiger partial charge is 0.237 e. The summed E-state index contributed by atoms with van der Waals surface area (Å²) in [5.41, 5.74) is 0.925. The van der Waals surface area contributed by atoms with Gasteiger partial charge in [0.2, 0.25) is 5.91 Å². The lowest BCUT2D eigenvalue weighted by atomic mass is 9.87. The molecule has 1 heterocycles. The Hall–Kier alpha value is -0.910. The minimum Gasteiger partial charge on any atom is -0.311 e. The molecular formula is C15H18INO2. The molecule has 0 radical (unpaired) electrons. The fraction of sp³-hybridized carbons (Fsp3) is 0.467. The summed E-state index contributed by atoms with van der Waals surface area (Å²) in [5, 5.41) is 0. The van der Waals surface area contributed by atoms with Crippen molar-refractivity contribution in [3.63, 3.8) is 0 Å². The molecule has 3 nitrogen and oxygen atoms in total. The number of piperidine rings is 1. The number of ketones is 1. The molecule has 2 rings (SSSR count). The molecule has 0 aliphatic carbocycles. The minimum atomic E-state index is -0.454. The number of amides is 1. The van der Waals surface area contributed by atoms with Gasteiger partial charge in [-0.05, 0) is 47.6 Å². The Morgan fingerprint density at radius 3 is 2.68 bits per heavy atom. The van der Waals surface area contributed by atoms with Crippen LogP contribution in [0, 0.1) is 15.4 Å². The van der Waals surface area contributed by atoms with Crippen LogP contribution in [0.4, 0.5) is 5.69 Å². The van der Waals surface area contributed by atoms with Crippen molar-refractivity contribution in [1.82, 2.24) is 0 Å². The number of Topliss-reactive ketones (excluding diaryl/α,β-unsaturated/α-hetero) is 1. The maximum absolute atomic E-state index is 12.5. The molecule has 0 N–H and O–H groups in total. The summed E-state index contributed by atoms with van der Waals surface area (Å²) in [6.45, 7) is 4.43. The molecule has 1 aromatic rings. The van der Waals surface area contributed by atoms with Crippen LogP contribution in [0.5, 0.6) is 0 Å². The standard InChI is InChI=1S/C15H18INO2/c1-10(2)14(18)11-6-5-9-17(15(11)19)13-8-4-3-7-12(13)16/h3-4,7-8,10-11H,5-6,9H2,1-2H3/t11-/m1/s1. The summed E-state index contributed by atoms with van der Waals surface area (Å²) < 4.78 is 1.05. The first-order valence-electron chi connectivity index (χ1n) is 6.62. The summed E-state index contributed by atoms with van der Waals surface area (Å²) in [6, 6.07) is 7.81. The van der Waals surface area contributed by atoms with Crippen molar-refractivity contribution >= 4 is 40.0 Å². The van der Waals surface area contributed by atoms with Crippen LogP contribution in [-0.4, -0.2) is 18.2 Å². The highest BCUT2D eigenvalue weighted by molar-refractivity contribution is 14.1. The van der Waals surface area contributed by atoms with Crippen molar-refractivity contribution < 1.29 is 9.59 Å². The molecule has 0 bridgehead atoms. The second-order valence-corrected chi connectivity index (χ2v) is 6.36. The van der Waals surface area contributed by atoms with Crippen LogP contribution in [-0.2, 0) is 9.59 Å². The van der Waals surface area contributed by atoms with Crippen LogP contribution >= 0.6 is 22.6 Å². The van der Waals surface area contributed by atoms with Gasteiger partial charge in [-0.2, -0.15) is 0 Å². The molecule has 1 aliphatic heterocycles. The van der Waals surface area contributed by atoms with E-state index in [9.17, 15) is 9.59 Å². The van der Waals surface area contributed by atoms with Crippen LogP contribution in [0.1, 0.15) is 26.7 Å². The molecule has 0 spiro atoms. The van der Waals surface area contributed by atoms with Crippen LogP contribution in [0.2, 0.25) is 0 Å². The van der Waals surface area contributed by atoms with Crippen molar-refractivity contribution in [2.24, 2.45) is 11.8 Å². The number of carbonyl (C=O) groups excluding carboxylic acids is 2. The number of para-hydroxylation sites is 1. The third-order valence-electron chi connectivity index (χ3n) is 3.49. The molecule has 1 atom stereocenters. The molecule has 0 saturated carbocycles. The van der Waals surface area contributed by atoms with Gasteiger partial charge in [0.1, 0.15) is 5.78 Å². The first kappa shape index (κ1) is 14.5. The molecule has 1 amide bonds. The van der Waals surface area contributed by atoms with Crippen LogP contribution in [0.3, 0.4) is 0 Å². The van der Waals surface area contributed by atoms with Gasteiger partial charge in [-0.25, -0.2) is 0 Å². The van der Waals surface area contributed by atoms with Gasteiger partial charge in [-0.15, -0.1) is 0 Å². The van der Waals surface area contributed by atoms with E-state index in [2.05, 4.69) is 22.6 Å². The number of benzene rings is 1. The van der Waals surface area contributed by atoms with Crippen LogP contribution in [0.15, 0.2) is 24.3 Å². The number of hydrogen-bond donors (Lipinski definition) is 0. The zero-order valence-electron chi connectivity index (χ0n) is 11.2. The number of rotatable bonds is 3. The first-order valence-corrected chi connectivity index (χ1v) is 7.70. The van der Waals surface area contributed by atoms with Crippen LogP contribution in [0.25, 0.3) is 0 Å². The lowest BCUT2D eigenvalue weighted by molar-refractivity contribution is -0.135.